The normalized spacial score (nSPS) is 15.7. The van der Waals surface area contributed by atoms with E-state index in [0.29, 0.717) is 5.92 Å². The Hall–Kier alpha value is -0.760. The Bertz CT molecular complexity index is 388. The van der Waals surface area contributed by atoms with Crippen LogP contribution in [-0.2, 0) is 9.52 Å². The molecule has 2 heteroatoms. The van der Waals surface area contributed by atoms with Crippen molar-refractivity contribution in [2.75, 3.05) is 6.26 Å². The number of hydrogen-bond acceptors (Lipinski definition) is 1. The molecule has 0 amide bonds. The molecule has 1 nitrogen and oxygen atoms in total. The highest BCUT2D eigenvalue weighted by Crippen LogP contribution is 2.22. The summed E-state index contributed by atoms with van der Waals surface area (Å²) in [5, 5.41) is 0. The molecule has 0 aliphatic carbocycles. The third-order valence-electron chi connectivity index (χ3n) is 2.01. The van der Waals surface area contributed by atoms with Gasteiger partial charge in [0.05, 0.1) is 0 Å². The first-order chi connectivity index (χ1) is 5.93. The summed E-state index contributed by atoms with van der Waals surface area (Å²) >= 11 is 0. The van der Waals surface area contributed by atoms with Crippen LogP contribution in [0.15, 0.2) is 29.2 Å². The molecular weight excluding hydrogens is 180 g/mol. The maximum absolute atomic E-state index is 11.8. The highest BCUT2D eigenvalue weighted by molar-refractivity contribution is 7.99. The standard InChI is InChI=1S/C11H16OS/c1-9(2)10-7-5-6-8-11(10)13(3,4)12/h5-9H,3H2,1-2,4H3. The number of rotatable bonds is 2. The van der Waals surface area contributed by atoms with Crippen LogP contribution in [0.25, 0.3) is 0 Å². The SMILES string of the molecule is C=S(C)(=O)c1ccccc1C(C)C. The van der Waals surface area contributed by atoms with Gasteiger partial charge in [-0.3, -0.25) is 4.21 Å². The summed E-state index contributed by atoms with van der Waals surface area (Å²) in [6, 6.07) is 7.82. The minimum Gasteiger partial charge on any atom is -0.263 e. The van der Waals surface area contributed by atoms with Gasteiger partial charge in [-0.25, -0.2) is 0 Å². The largest absolute Gasteiger partial charge is 0.263 e. The predicted molar refractivity (Wildman–Crippen MR) is 60.0 cm³/mol. The van der Waals surface area contributed by atoms with Crippen LogP contribution in [0.3, 0.4) is 0 Å². The second-order valence-corrected chi connectivity index (χ2v) is 6.15. The van der Waals surface area contributed by atoms with Crippen molar-refractivity contribution in [3.63, 3.8) is 0 Å². The molecule has 0 radical (unpaired) electrons. The van der Waals surface area contributed by atoms with Crippen LogP contribution in [-0.4, -0.2) is 16.3 Å². The Balaban J connectivity index is 3.37. The lowest BCUT2D eigenvalue weighted by Gasteiger charge is -2.12. The predicted octanol–water partition coefficient (Wildman–Crippen LogP) is 2.52. The molecule has 0 aliphatic heterocycles. The van der Waals surface area contributed by atoms with Crippen LogP contribution in [0.5, 0.6) is 0 Å². The molecule has 1 atom stereocenters. The van der Waals surface area contributed by atoms with E-state index in [0.717, 1.165) is 10.5 Å². The molecule has 1 unspecified atom stereocenters. The topological polar surface area (TPSA) is 17.1 Å². The van der Waals surface area contributed by atoms with Crippen molar-refractivity contribution in [3.8, 4) is 0 Å². The summed E-state index contributed by atoms with van der Waals surface area (Å²) in [7, 11) is -2.08. The summed E-state index contributed by atoms with van der Waals surface area (Å²) < 4.78 is 11.8. The summed E-state index contributed by atoms with van der Waals surface area (Å²) in [6.45, 7) is 4.20. The third kappa shape index (κ3) is 2.34. The van der Waals surface area contributed by atoms with Crippen molar-refractivity contribution >= 4 is 15.4 Å². The van der Waals surface area contributed by atoms with E-state index in [1.807, 2.05) is 24.3 Å². The minimum atomic E-state index is -2.08. The zero-order valence-corrected chi connectivity index (χ0v) is 9.23. The zero-order valence-electron chi connectivity index (χ0n) is 8.41. The van der Waals surface area contributed by atoms with Gasteiger partial charge >= 0.3 is 0 Å². The Morgan fingerprint density at radius 1 is 1.31 bits per heavy atom. The Kier molecular flexibility index (Phi) is 2.81. The van der Waals surface area contributed by atoms with Gasteiger partial charge in [-0.15, -0.1) is 0 Å². The maximum atomic E-state index is 11.8. The monoisotopic (exact) mass is 196 g/mol. The van der Waals surface area contributed by atoms with Crippen molar-refractivity contribution < 1.29 is 4.21 Å². The number of hydrogen-bond donors (Lipinski definition) is 0. The van der Waals surface area contributed by atoms with E-state index in [1.165, 1.54) is 0 Å². The first kappa shape index (κ1) is 10.3. The summed E-state index contributed by atoms with van der Waals surface area (Å²) in [5.41, 5.74) is 1.14. The number of benzene rings is 1. The molecule has 13 heavy (non-hydrogen) atoms. The molecule has 0 saturated heterocycles. The lowest BCUT2D eigenvalue weighted by atomic mass is 10.0. The van der Waals surface area contributed by atoms with E-state index in [4.69, 9.17) is 0 Å². The van der Waals surface area contributed by atoms with E-state index >= 15 is 0 Å². The van der Waals surface area contributed by atoms with E-state index in [1.54, 1.807) is 6.26 Å². The van der Waals surface area contributed by atoms with Gasteiger partial charge in [-0.2, -0.15) is 0 Å². The van der Waals surface area contributed by atoms with Gasteiger partial charge in [0, 0.05) is 11.2 Å². The molecule has 0 aromatic heterocycles. The summed E-state index contributed by atoms with van der Waals surface area (Å²) in [4.78, 5) is 0.894. The van der Waals surface area contributed by atoms with Crippen LogP contribution >= 0.6 is 0 Å². The van der Waals surface area contributed by atoms with Gasteiger partial charge in [0.2, 0.25) is 0 Å². The molecule has 0 heterocycles. The van der Waals surface area contributed by atoms with E-state index in [-0.39, 0.29) is 0 Å². The lowest BCUT2D eigenvalue weighted by Crippen LogP contribution is -2.02. The van der Waals surface area contributed by atoms with E-state index < -0.39 is 9.52 Å². The van der Waals surface area contributed by atoms with Crippen LogP contribution in [0.2, 0.25) is 0 Å². The fraction of sp³-hybridized carbons (Fsp3) is 0.364. The van der Waals surface area contributed by atoms with Crippen molar-refractivity contribution in [2.45, 2.75) is 24.7 Å². The fourth-order valence-corrected chi connectivity index (χ4v) is 2.52. The van der Waals surface area contributed by atoms with Gasteiger partial charge in [0.1, 0.15) is 0 Å². The second-order valence-electron chi connectivity index (χ2n) is 3.70. The molecule has 0 saturated carbocycles. The smallest absolute Gasteiger partial charge is 0.0336 e. The molecule has 0 N–H and O–H groups in total. The first-order valence-corrected chi connectivity index (χ1v) is 6.47. The Morgan fingerprint density at radius 2 is 1.85 bits per heavy atom. The molecule has 1 aromatic rings. The average Bonchev–Trinajstić information content (AvgIpc) is 2.03. The van der Waals surface area contributed by atoms with Crippen molar-refractivity contribution in [3.05, 3.63) is 29.8 Å². The van der Waals surface area contributed by atoms with Crippen molar-refractivity contribution in [1.82, 2.24) is 0 Å². The van der Waals surface area contributed by atoms with E-state index in [9.17, 15) is 4.21 Å². The first-order valence-electron chi connectivity index (χ1n) is 4.34. The van der Waals surface area contributed by atoms with Gasteiger partial charge < -0.3 is 0 Å². The van der Waals surface area contributed by atoms with Gasteiger partial charge in [-0.05, 0) is 32.9 Å². The molecule has 0 aliphatic rings. The Labute approximate surface area is 80.8 Å². The summed E-state index contributed by atoms with van der Waals surface area (Å²) in [5.74, 6) is 4.11. The lowest BCUT2D eigenvalue weighted by molar-refractivity contribution is 0.682. The summed E-state index contributed by atoms with van der Waals surface area (Å²) in [6.07, 6.45) is 1.69. The van der Waals surface area contributed by atoms with Gasteiger partial charge in [-0.1, -0.05) is 32.0 Å². The maximum Gasteiger partial charge on any atom is 0.0336 e. The minimum absolute atomic E-state index is 0.402. The van der Waals surface area contributed by atoms with Crippen LogP contribution < -0.4 is 0 Å². The molecule has 72 valence electrons. The van der Waals surface area contributed by atoms with E-state index in [2.05, 4.69) is 19.7 Å². The molecule has 0 spiro atoms. The van der Waals surface area contributed by atoms with Crippen molar-refractivity contribution in [2.24, 2.45) is 0 Å². The Morgan fingerprint density at radius 3 is 2.23 bits per heavy atom. The van der Waals surface area contributed by atoms with Crippen LogP contribution in [0, 0.1) is 0 Å². The molecule has 0 fully saturated rings. The van der Waals surface area contributed by atoms with Crippen LogP contribution in [0.4, 0.5) is 0 Å². The quantitative estimate of drug-likeness (QED) is 0.664. The zero-order chi connectivity index (χ0) is 10.1. The third-order valence-corrected chi connectivity index (χ3v) is 3.31. The average molecular weight is 196 g/mol. The van der Waals surface area contributed by atoms with Gasteiger partial charge in [0.25, 0.3) is 0 Å². The highest BCUT2D eigenvalue weighted by Gasteiger charge is 2.09. The highest BCUT2D eigenvalue weighted by atomic mass is 32.2. The molecule has 1 aromatic carbocycles. The molecular formula is C11H16OS. The van der Waals surface area contributed by atoms with Gasteiger partial charge in [0.15, 0.2) is 0 Å². The second kappa shape index (κ2) is 3.54. The molecule has 1 rings (SSSR count). The van der Waals surface area contributed by atoms with Crippen molar-refractivity contribution in [1.29, 1.82) is 0 Å². The van der Waals surface area contributed by atoms with Crippen LogP contribution in [0.1, 0.15) is 25.3 Å². The molecule has 0 bridgehead atoms. The fourth-order valence-electron chi connectivity index (χ4n) is 1.35.